The summed E-state index contributed by atoms with van der Waals surface area (Å²) in [5.74, 6) is 1.14. The fraction of sp³-hybridized carbons (Fsp3) is 0.316. The Morgan fingerprint density at radius 3 is 2.29 bits per heavy atom. The van der Waals surface area contributed by atoms with Crippen LogP contribution in [0, 0.1) is 5.92 Å². The third-order valence-electron chi connectivity index (χ3n) is 9.74. The molecule has 1 unspecified atom stereocenters. The molecule has 49 heavy (non-hydrogen) atoms. The highest BCUT2D eigenvalue weighted by molar-refractivity contribution is 7.92. The Kier molecular flexibility index (Phi) is 9.59. The van der Waals surface area contributed by atoms with Gasteiger partial charge in [0.25, 0.3) is 5.91 Å². The number of carbonyl (C=O) groups excluding carboxylic acids is 1. The van der Waals surface area contributed by atoms with Crippen molar-refractivity contribution < 1.29 is 17.9 Å². The van der Waals surface area contributed by atoms with Gasteiger partial charge in [-0.25, -0.2) is 9.03 Å². The first kappa shape index (κ1) is 33.4. The Morgan fingerprint density at radius 1 is 0.878 bits per heavy atom. The van der Waals surface area contributed by atoms with Gasteiger partial charge in [0.15, 0.2) is 0 Å². The Bertz CT molecular complexity index is 1960. The molecule has 4 aromatic carbocycles. The number of nitrogens with one attached hydrogen (secondary N) is 1. The third kappa shape index (κ3) is 7.44. The average molecular weight is 718 g/mol. The molecule has 0 spiro atoms. The number of anilines is 2. The van der Waals surface area contributed by atoms with Crippen molar-refractivity contribution in [3.63, 3.8) is 0 Å². The van der Waals surface area contributed by atoms with Gasteiger partial charge in [-0.3, -0.25) is 9.79 Å². The van der Waals surface area contributed by atoms with Crippen molar-refractivity contribution in [1.29, 1.82) is 0 Å². The van der Waals surface area contributed by atoms with E-state index in [0.717, 1.165) is 56.9 Å². The van der Waals surface area contributed by atoms with Gasteiger partial charge in [-0.2, -0.15) is 8.42 Å². The molecule has 1 saturated carbocycles. The van der Waals surface area contributed by atoms with E-state index in [2.05, 4.69) is 36.4 Å². The van der Waals surface area contributed by atoms with Crippen LogP contribution in [0.25, 0.3) is 11.1 Å². The van der Waals surface area contributed by atoms with Gasteiger partial charge in [0.1, 0.15) is 17.8 Å². The average Bonchev–Trinajstić information content (AvgIpc) is 3.65. The lowest BCUT2D eigenvalue weighted by Gasteiger charge is -2.30. The van der Waals surface area contributed by atoms with Crippen LogP contribution in [0.15, 0.2) is 96.0 Å². The molecule has 0 radical (unpaired) electrons. The molecule has 1 saturated heterocycles. The summed E-state index contributed by atoms with van der Waals surface area (Å²) in [6.45, 7) is 0.951. The second kappa shape index (κ2) is 14.1. The molecule has 0 aromatic heterocycles. The molecule has 3 aliphatic rings. The number of carbonyl (C=O) groups is 1. The fourth-order valence-electron chi connectivity index (χ4n) is 7.14. The van der Waals surface area contributed by atoms with E-state index in [1.165, 1.54) is 32.1 Å². The van der Waals surface area contributed by atoms with Gasteiger partial charge in [-0.1, -0.05) is 104 Å². The molecule has 1 aliphatic carbocycles. The molecule has 4 aromatic rings. The Hall–Kier alpha value is -4.05. The molecular formula is C38H38Cl2N4O4S. The number of hydrogen-bond acceptors (Lipinski definition) is 6. The molecule has 0 bridgehead atoms. The first-order valence-electron chi connectivity index (χ1n) is 16.7. The number of rotatable bonds is 10. The molecule has 1 atom stereocenters. The molecule has 1 N–H and O–H groups in total. The number of aliphatic imine (C=N–C) groups is 1. The van der Waals surface area contributed by atoms with Gasteiger partial charge in [-0.05, 0) is 71.5 Å². The number of amides is 1. The highest BCUT2D eigenvalue weighted by Crippen LogP contribution is 2.41. The molecule has 2 aliphatic heterocycles. The van der Waals surface area contributed by atoms with Crippen LogP contribution in [0.2, 0.25) is 10.0 Å². The van der Waals surface area contributed by atoms with Gasteiger partial charge in [0, 0.05) is 27.7 Å². The van der Waals surface area contributed by atoms with Gasteiger partial charge in [-0.15, -0.1) is 0 Å². The second-order valence-electron chi connectivity index (χ2n) is 13.1. The first-order chi connectivity index (χ1) is 23.7. The lowest BCUT2D eigenvalue weighted by Crippen LogP contribution is -2.35. The zero-order valence-electron chi connectivity index (χ0n) is 27.0. The van der Waals surface area contributed by atoms with E-state index in [9.17, 15) is 13.2 Å². The highest BCUT2D eigenvalue weighted by Gasteiger charge is 2.40. The maximum absolute atomic E-state index is 12.5. The van der Waals surface area contributed by atoms with E-state index in [-0.39, 0.29) is 6.54 Å². The van der Waals surface area contributed by atoms with E-state index in [0.29, 0.717) is 28.7 Å². The van der Waals surface area contributed by atoms with Crippen LogP contribution in [-0.4, -0.2) is 40.4 Å². The van der Waals surface area contributed by atoms with Gasteiger partial charge in [0.2, 0.25) is 0 Å². The van der Waals surface area contributed by atoms with Crippen molar-refractivity contribution in [3.8, 4) is 16.9 Å². The summed E-state index contributed by atoms with van der Waals surface area (Å²) in [5.41, 5.74) is 4.53. The van der Waals surface area contributed by atoms with Crippen molar-refractivity contribution in [1.82, 2.24) is 4.72 Å². The van der Waals surface area contributed by atoms with E-state index in [1.807, 2.05) is 40.0 Å². The van der Waals surface area contributed by atoms with Crippen LogP contribution in [0.1, 0.15) is 49.7 Å². The molecule has 8 nitrogen and oxygen atoms in total. The summed E-state index contributed by atoms with van der Waals surface area (Å²) in [6.07, 6.45) is 10.2. The third-order valence-corrected chi connectivity index (χ3v) is 11.7. The topological polar surface area (TPSA) is 91.3 Å². The van der Waals surface area contributed by atoms with Gasteiger partial charge < -0.3 is 9.64 Å². The zero-order valence-corrected chi connectivity index (χ0v) is 29.4. The molecule has 2 heterocycles. The van der Waals surface area contributed by atoms with Crippen molar-refractivity contribution in [2.45, 2.75) is 50.5 Å². The highest BCUT2D eigenvalue weighted by atomic mass is 35.5. The van der Waals surface area contributed by atoms with Crippen molar-refractivity contribution in [2.24, 2.45) is 10.9 Å². The largest absolute Gasteiger partial charge is 0.494 e. The monoisotopic (exact) mass is 716 g/mol. The van der Waals surface area contributed by atoms with Crippen LogP contribution in [0.3, 0.4) is 0 Å². The minimum absolute atomic E-state index is 0.265. The lowest BCUT2D eigenvalue weighted by atomic mass is 9.84. The zero-order chi connectivity index (χ0) is 34.0. The predicted octanol–water partition coefficient (Wildman–Crippen LogP) is 8.18. The second-order valence-corrected chi connectivity index (χ2v) is 15.6. The molecule has 11 heteroatoms. The SMILES string of the molecule is O=C1CN(c2cccc(N3C=NC(Cc4ccc(-c5ccc(OCCC6CCCCC6)cc5)cc4)(c4ccc(Cl)cc4Cl)C3)c2)S(=O)(=O)N1. The van der Waals surface area contributed by atoms with E-state index in [1.54, 1.807) is 30.6 Å². The van der Waals surface area contributed by atoms with Gasteiger partial charge in [0.05, 0.1) is 25.2 Å². The summed E-state index contributed by atoms with van der Waals surface area (Å²) >= 11 is 13.1. The summed E-state index contributed by atoms with van der Waals surface area (Å²) in [6, 6.07) is 29.3. The molecule has 1 amide bonds. The molecule has 7 rings (SSSR count). The number of hydrogen-bond donors (Lipinski definition) is 1. The van der Waals surface area contributed by atoms with Crippen LogP contribution >= 0.6 is 23.2 Å². The van der Waals surface area contributed by atoms with Crippen LogP contribution < -0.4 is 18.7 Å². The maximum atomic E-state index is 12.5. The Labute approximate surface area is 297 Å². The number of benzene rings is 4. The quantitative estimate of drug-likeness (QED) is 0.179. The summed E-state index contributed by atoms with van der Waals surface area (Å²) in [7, 11) is -3.93. The van der Waals surface area contributed by atoms with Gasteiger partial charge >= 0.3 is 10.2 Å². The standard InChI is InChI=1S/C38H38Cl2N4O4S/c39-31-15-18-35(36(40)21-31)38(25-43(26-41-38)32-7-4-8-33(22-32)44-24-37(45)42-49(44,46)47)23-28-9-11-29(12-10-28)30-13-16-34(17-14-30)48-20-19-27-5-2-1-3-6-27/h4,7-18,21-22,26-27H,1-3,5-6,19-20,23-25H2,(H,42,45). The summed E-state index contributed by atoms with van der Waals surface area (Å²) in [5, 5.41) is 1.06. The predicted molar refractivity (Wildman–Crippen MR) is 197 cm³/mol. The maximum Gasteiger partial charge on any atom is 0.326 e. The van der Waals surface area contributed by atoms with E-state index >= 15 is 0 Å². The number of ether oxygens (including phenoxy) is 1. The normalized spacial score (nSPS) is 20.5. The summed E-state index contributed by atoms with van der Waals surface area (Å²) in [4.78, 5) is 18.9. The van der Waals surface area contributed by atoms with Crippen molar-refractivity contribution in [2.75, 3.05) is 28.9 Å². The molecular weight excluding hydrogens is 679 g/mol. The Morgan fingerprint density at radius 2 is 1.59 bits per heavy atom. The van der Waals surface area contributed by atoms with E-state index in [4.69, 9.17) is 32.9 Å². The number of halogens is 2. The molecule has 2 fully saturated rings. The fourth-order valence-corrected chi connectivity index (χ4v) is 8.86. The minimum Gasteiger partial charge on any atom is -0.494 e. The summed E-state index contributed by atoms with van der Waals surface area (Å²) < 4.78 is 34.2. The van der Waals surface area contributed by atoms with E-state index < -0.39 is 21.7 Å². The first-order valence-corrected chi connectivity index (χ1v) is 18.9. The van der Waals surface area contributed by atoms with Crippen molar-refractivity contribution in [3.05, 3.63) is 112 Å². The minimum atomic E-state index is -3.93. The van der Waals surface area contributed by atoms with Crippen LogP contribution in [0.5, 0.6) is 5.75 Å². The Balaban J connectivity index is 1.08. The van der Waals surface area contributed by atoms with Crippen molar-refractivity contribution >= 4 is 57.0 Å². The lowest BCUT2D eigenvalue weighted by molar-refractivity contribution is -0.117. The van der Waals surface area contributed by atoms with Crippen LogP contribution in [0.4, 0.5) is 11.4 Å². The van der Waals surface area contributed by atoms with Crippen LogP contribution in [-0.2, 0) is 27.0 Å². The number of nitrogens with zero attached hydrogens (tertiary/aromatic N) is 3. The molecule has 254 valence electrons. The smallest absolute Gasteiger partial charge is 0.326 e.